The Hall–Kier alpha value is -2.32. The maximum atomic E-state index is 13.0. The highest BCUT2D eigenvalue weighted by molar-refractivity contribution is 7.81. The van der Waals surface area contributed by atoms with Crippen LogP contribution in [0.4, 0.5) is 0 Å². The van der Waals surface area contributed by atoms with Crippen molar-refractivity contribution < 1.29 is 167 Å². The highest BCUT2D eigenvalue weighted by Gasteiger charge is 2.58. The molecule has 2 amide bonds. The van der Waals surface area contributed by atoms with Gasteiger partial charge in [0.25, 0.3) is 0 Å². The molecule has 37 nitrogen and oxygen atoms in total. The first kappa shape index (κ1) is 65.8. The van der Waals surface area contributed by atoms with Crippen LogP contribution >= 0.6 is 0 Å². The molecule has 6 fully saturated rings. The third-order valence-electron chi connectivity index (χ3n) is 13.5. The van der Waals surface area contributed by atoms with Crippen LogP contribution < -0.4 is 10.6 Å². The van der Waals surface area contributed by atoms with E-state index < -0.39 is 243 Å². The van der Waals surface area contributed by atoms with E-state index in [9.17, 15) is 107 Å². The summed E-state index contributed by atoms with van der Waals surface area (Å²) >= 11 is 0. The number of aliphatic hydroxyl groups is 14. The summed E-state index contributed by atoms with van der Waals surface area (Å²) in [4.78, 5) is 25.5. The van der Waals surface area contributed by atoms with Gasteiger partial charge in [0.2, 0.25) is 11.8 Å². The van der Waals surface area contributed by atoms with Gasteiger partial charge < -0.3 is 134 Å². The molecule has 30 atom stereocenters. The van der Waals surface area contributed by atoms with Gasteiger partial charge in [-0.3, -0.25) is 18.7 Å². The van der Waals surface area contributed by atoms with Gasteiger partial charge in [0.1, 0.15) is 134 Å². The normalized spacial score (nSPS) is 47.3. The average Bonchev–Trinajstić information content (AvgIpc) is 3.36. The number of rotatable bonds is 20. The number of aliphatic hydroxyl groups excluding tert-OH is 14. The summed E-state index contributed by atoms with van der Waals surface area (Å²) in [6, 6.07) is -3.75. The minimum atomic E-state index is -5.52. The lowest BCUT2D eigenvalue weighted by Gasteiger charge is -2.50. The molecular weight excluding hydrogens is 1130 g/mol. The molecular formula is C40H68N2O35S2. The largest absolute Gasteiger partial charge is 0.397 e. The van der Waals surface area contributed by atoms with Crippen LogP contribution in [-0.4, -0.2) is 320 Å². The molecule has 6 rings (SSSR count). The number of amides is 2. The fraction of sp³-hybridized carbons (Fsp3) is 0.950. The van der Waals surface area contributed by atoms with E-state index in [0.717, 1.165) is 13.8 Å². The van der Waals surface area contributed by atoms with Gasteiger partial charge in [0.05, 0.1) is 38.6 Å². The molecule has 0 saturated carbocycles. The van der Waals surface area contributed by atoms with E-state index in [1.165, 1.54) is 13.8 Å². The molecule has 79 heavy (non-hydrogen) atoms. The number of hydrogen-bond acceptors (Lipinski definition) is 33. The van der Waals surface area contributed by atoms with Crippen molar-refractivity contribution in [3.8, 4) is 0 Å². The van der Waals surface area contributed by atoms with Crippen LogP contribution in [-0.2, 0) is 90.9 Å². The Kier molecular flexibility index (Phi) is 22.6. The first-order valence-electron chi connectivity index (χ1n) is 24.1. The van der Waals surface area contributed by atoms with Crippen LogP contribution in [0.3, 0.4) is 0 Å². The van der Waals surface area contributed by atoms with Crippen molar-refractivity contribution in [1.29, 1.82) is 0 Å². The molecule has 0 aromatic heterocycles. The molecule has 0 aliphatic carbocycles. The van der Waals surface area contributed by atoms with Crippen LogP contribution in [0.1, 0.15) is 27.7 Å². The topological polar surface area (TPSA) is 570 Å². The molecule has 6 heterocycles. The molecule has 0 spiro atoms. The SMILES string of the molecule is CC(=O)N[C@H]1[C@H](OC[C@H]2OC(O)[C@H](NC(C)=O)[C@@H](O[C@@H]3O[C@H](CO)[C@H](O)[C@H](O[C@@H]4O[C@@H](C)[C@@H](O)[C@@H](O)[C@@H]4O)[C@H]3O)[C@H]2O)O[C@H](COS(=O)(=O)O)[C@@H](O[C@@H]2O[C@H](CO)[C@H](O)[C@H](OS(=O)(=O)O)[C@H]2O)[C@@H]1O[C@@H]1O[C@@H](C)[C@@H](O)[C@@H](O)[C@@H]1O. The van der Waals surface area contributed by atoms with Crippen molar-refractivity contribution in [1.82, 2.24) is 10.6 Å². The summed E-state index contributed by atoms with van der Waals surface area (Å²) in [5.74, 6) is -1.86. The molecule has 39 heteroatoms. The molecule has 0 aromatic rings. The minimum absolute atomic E-state index is 0.870. The fourth-order valence-corrected chi connectivity index (χ4v) is 10.3. The Labute approximate surface area is 448 Å². The maximum absolute atomic E-state index is 13.0. The lowest BCUT2D eigenvalue weighted by Crippen LogP contribution is -2.70. The van der Waals surface area contributed by atoms with Crippen LogP contribution in [0.2, 0.25) is 0 Å². The van der Waals surface area contributed by atoms with E-state index in [1.807, 2.05) is 0 Å². The van der Waals surface area contributed by atoms with E-state index in [4.69, 9.17) is 52.1 Å². The number of hydrogen-bond donors (Lipinski definition) is 18. The zero-order valence-electron chi connectivity index (χ0n) is 41.9. The molecule has 18 N–H and O–H groups in total. The smallest absolute Gasteiger partial charge is 0.394 e. The van der Waals surface area contributed by atoms with Crippen molar-refractivity contribution in [2.75, 3.05) is 26.4 Å². The summed E-state index contributed by atoms with van der Waals surface area (Å²) in [6.07, 6.45) is -56.1. The van der Waals surface area contributed by atoms with E-state index in [-0.39, 0.29) is 0 Å². The predicted octanol–water partition coefficient (Wildman–Crippen LogP) is -12.1. The second-order valence-electron chi connectivity index (χ2n) is 19.3. The Morgan fingerprint density at radius 1 is 0.430 bits per heavy atom. The first-order valence-corrected chi connectivity index (χ1v) is 26.9. The van der Waals surface area contributed by atoms with Gasteiger partial charge in [-0.05, 0) is 13.8 Å². The standard InChI is InChI=1S/C40H68N2O35S2/c1-9-19(47)24(52)26(54)37(67-9)75-32-18(42-12(4)46)36(72-16(8-66-78(59,60)61)30(32)73-40-29(57)34(77-79(62,63)64)22(50)14(6-44)71-40)65-7-15-23(51)31(17(35(58)69-15)41-11(3)45)74-39-28(56)33(21(49)13(5-43)70-39)76-38-27(55)25(53)20(48)10(2)68-38/h9-10,13-40,43-44,47-58H,5-8H2,1-4H3,(H,41,45)(H,42,46)(H,59,60,61)(H,62,63,64)/t9-,10-,13+,14+,15+,16+,17+,18+,19+,20+,21-,22-,23-,24+,25+,26-,27-,28+,29+,30+,31+,32+,33-,34-,35?,36+,37-,38-,39-,40-/m0/s1. The van der Waals surface area contributed by atoms with Crippen molar-refractivity contribution >= 4 is 32.6 Å². The van der Waals surface area contributed by atoms with Gasteiger partial charge in [-0.1, -0.05) is 0 Å². The minimum Gasteiger partial charge on any atom is -0.394 e. The van der Waals surface area contributed by atoms with Crippen LogP contribution in [0.5, 0.6) is 0 Å². The number of nitrogens with one attached hydrogen (secondary N) is 2. The van der Waals surface area contributed by atoms with Gasteiger partial charge >= 0.3 is 20.8 Å². The quantitative estimate of drug-likeness (QED) is 0.0503. The number of carbonyl (C=O) groups is 2. The Bertz CT molecular complexity index is 2230. The lowest BCUT2D eigenvalue weighted by molar-refractivity contribution is -0.378. The van der Waals surface area contributed by atoms with Gasteiger partial charge in [0.15, 0.2) is 37.7 Å². The summed E-state index contributed by atoms with van der Waals surface area (Å²) in [5.41, 5.74) is 0. The zero-order chi connectivity index (χ0) is 58.9. The van der Waals surface area contributed by atoms with Crippen LogP contribution in [0.15, 0.2) is 0 Å². The third kappa shape index (κ3) is 15.7. The fourth-order valence-electron chi connectivity index (χ4n) is 9.48. The van der Waals surface area contributed by atoms with Gasteiger partial charge in [-0.2, -0.15) is 16.8 Å². The van der Waals surface area contributed by atoms with Crippen LogP contribution in [0, 0.1) is 0 Å². The lowest BCUT2D eigenvalue weighted by atomic mass is 9.94. The molecule has 0 bridgehead atoms. The Balaban J connectivity index is 1.34. The van der Waals surface area contributed by atoms with Crippen molar-refractivity contribution in [3.63, 3.8) is 0 Å². The molecule has 6 saturated heterocycles. The second-order valence-corrected chi connectivity index (χ2v) is 21.4. The summed E-state index contributed by atoms with van der Waals surface area (Å²) < 4.78 is 139. The average molecular weight is 1200 g/mol. The number of ether oxygens (including phenoxy) is 11. The maximum Gasteiger partial charge on any atom is 0.397 e. The first-order chi connectivity index (χ1) is 36.8. The third-order valence-corrected chi connectivity index (χ3v) is 14.4. The Morgan fingerprint density at radius 3 is 1.33 bits per heavy atom. The van der Waals surface area contributed by atoms with E-state index in [1.54, 1.807) is 0 Å². The van der Waals surface area contributed by atoms with E-state index in [0.29, 0.717) is 0 Å². The highest BCUT2D eigenvalue weighted by atomic mass is 32.3. The monoisotopic (exact) mass is 1200 g/mol. The van der Waals surface area contributed by atoms with Crippen molar-refractivity contribution in [2.45, 2.75) is 212 Å². The van der Waals surface area contributed by atoms with Crippen LogP contribution in [0.25, 0.3) is 0 Å². The Morgan fingerprint density at radius 2 is 0.848 bits per heavy atom. The summed E-state index contributed by atoms with van der Waals surface area (Å²) in [6.45, 7) is -0.226. The molecule has 460 valence electrons. The highest BCUT2D eigenvalue weighted by Crippen LogP contribution is 2.37. The zero-order valence-corrected chi connectivity index (χ0v) is 43.5. The molecule has 6 aliphatic heterocycles. The van der Waals surface area contributed by atoms with Gasteiger partial charge in [-0.25, -0.2) is 8.37 Å². The summed E-state index contributed by atoms with van der Waals surface area (Å²) in [5, 5.41) is 156. The molecule has 0 aromatic carbocycles. The van der Waals surface area contributed by atoms with Gasteiger partial charge in [-0.15, -0.1) is 0 Å². The van der Waals surface area contributed by atoms with Gasteiger partial charge in [0, 0.05) is 13.8 Å². The summed E-state index contributed by atoms with van der Waals surface area (Å²) in [7, 11) is -11.0. The number of carbonyl (C=O) groups excluding carboxylic acids is 2. The van der Waals surface area contributed by atoms with E-state index >= 15 is 0 Å². The molecule has 1 unspecified atom stereocenters. The van der Waals surface area contributed by atoms with Crippen molar-refractivity contribution in [2.24, 2.45) is 0 Å². The van der Waals surface area contributed by atoms with E-state index in [2.05, 4.69) is 19.0 Å². The second kappa shape index (κ2) is 27.2. The molecule has 0 radical (unpaired) electrons. The molecule has 6 aliphatic rings. The van der Waals surface area contributed by atoms with Crippen molar-refractivity contribution in [3.05, 3.63) is 0 Å². The predicted molar refractivity (Wildman–Crippen MR) is 240 cm³/mol.